The number of hydrogen-bond acceptors (Lipinski definition) is 3. The van der Waals surface area contributed by atoms with Gasteiger partial charge in [0.1, 0.15) is 0 Å². The minimum absolute atomic E-state index is 0.287. The topological polar surface area (TPSA) is 27.7 Å². The molecule has 4 heteroatoms. The Bertz CT molecular complexity index is 405. The summed E-state index contributed by atoms with van der Waals surface area (Å²) >= 11 is 0. The summed E-state index contributed by atoms with van der Waals surface area (Å²) in [6, 6.07) is 0. The van der Waals surface area contributed by atoms with Crippen LogP contribution in [0.1, 0.15) is 87.0 Å². The summed E-state index contributed by atoms with van der Waals surface area (Å²) in [6.07, 6.45) is 8.07. The molecule has 6 unspecified atom stereocenters. The Hall–Kier alpha value is 0.0969. The molecular weight excluding hydrogens is 352 g/mol. The second-order valence-corrected chi connectivity index (χ2v) is 12.7. The van der Waals surface area contributed by atoms with Gasteiger partial charge in [-0.1, -0.05) is 54.4 Å². The average molecular weight is 399 g/mol. The summed E-state index contributed by atoms with van der Waals surface area (Å²) in [7, 11) is -2.66. The van der Waals surface area contributed by atoms with Gasteiger partial charge in [0, 0.05) is 13.2 Å². The van der Waals surface area contributed by atoms with Crippen molar-refractivity contribution in [1.82, 2.24) is 0 Å². The lowest BCUT2D eigenvalue weighted by molar-refractivity contribution is -0.0633. The Balaban J connectivity index is 2.14. The third-order valence-corrected chi connectivity index (χ3v) is 9.33. The fraction of sp³-hybridized carbons (Fsp3) is 1.00. The van der Waals surface area contributed by atoms with E-state index >= 15 is 0 Å². The monoisotopic (exact) mass is 398 g/mol. The Morgan fingerprint density at radius 1 is 0.778 bits per heavy atom. The predicted molar refractivity (Wildman–Crippen MR) is 116 cm³/mol. The van der Waals surface area contributed by atoms with Crippen LogP contribution < -0.4 is 0 Å². The Morgan fingerprint density at radius 2 is 1.19 bits per heavy atom. The highest BCUT2D eigenvalue weighted by Crippen LogP contribution is 2.40. The molecule has 0 spiro atoms. The molecule has 0 aliphatic heterocycles. The maximum absolute atomic E-state index is 6.82. The fourth-order valence-electron chi connectivity index (χ4n) is 5.41. The molecule has 0 bridgehead atoms. The Labute approximate surface area is 170 Å². The molecule has 3 nitrogen and oxygen atoms in total. The highest BCUT2D eigenvalue weighted by molar-refractivity contribution is 6.59. The normalized spacial score (nSPS) is 37.6. The van der Waals surface area contributed by atoms with Crippen molar-refractivity contribution in [1.29, 1.82) is 0 Å². The molecule has 0 saturated heterocycles. The van der Waals surface area contributed by atoms with Gasteiger partial charge in [-0.3, -0.25) is 0 Å². The van der Waals surface area contributed by atoms with Gasteiger partial charge >= 0.3 is 8.80 Å². The van der Waals surface area contributed by atoms with Crippen LogP contribution in [0.3, 0.4) is 0 Å². The first-order chi connectivity index (χ1) is 12.6. The Kier molecular flexibility index (Phi) is 8.85. The van der Waals surface area contributed by atoms with Crippen LogP contribution in [0.2, 0.25) is 6.55 Å². The van der Waals surface area contributed by atoms with Gasteiger partial charge in [-0.05, 0) is 68.1 Å². The smallest absolute Gasteiger partial charge is 0.374 e. The van der Waals surface area contributed by atoms with Crippen molar-refractivity contribution in [3.63, 3.8) is 0 Å². The van der Waals surface area contributed by atoms with E-state index in [0.717, 1.165) is 24.7 Å². The minimum Gasteiger partial charge on any atom is -0.374 e. The maximum atomic E-state index is 6.82. The summed E-state index contributed by atoms with van der Waals surface area (Å²) < 4.78 is 19.9. The predicted octanol–water partition coefficient (Wildman–Crippen LogP) is 6.55. The molecule has 2 fully saturated rings. The van der Waals surface area contributed by atoms with Crippen molar-refractivity contribution in [3.05, 3.63) is 0 Å². The molecule has 27 heavy (non-hydrogen) atoms. The van der Waals surface area contributed by atoms with Crippen LogP contribution in [0, 0.1) is 35.5 Å². The maximum Gasteiger partial charge on any atom is 0.498 e. The van der Waals surface area contributed by atoms with E-state index in [2.05, 4.69) is 55.0 Å². The number of rotatable bonds is 8. The molecule has 0 N–H and O–H groups in total. The molecule has 6 atom stereocenters. The van der Waals surface area contributed by atoms with E-state index in [1.54, 1.807) is 0 Å². The third kappa shape index (κ3) is 6.55. The zero-order valence-corrected chi connectivity index (χ0v) is 20.3. The molecular formula is C23H46O3Si. The van der Waals surface area contributed by atoms with Crippen LogP contribution in [0.25, 0.3) is 0 Å². The highest BCUT2D eigenvalue weighted by Gasteiger charge is 2.46. The molecule has 0 aromatic rings. The molecule has 0 heterocycles. The fourth-order valence-corrected chi connectivity index (χ4v) is 7.77. The van der Waals surface area contributed by atoms with Gasteiger partial charge in [0.2, 0.25) is 0 Å². The molecule has 0 aromatic heterocycles. The van der Waals surface area contributed by atoms with Crippen molar-refractivity contribution in [2.45, 2.75) is 106 Å². The molecule has 0 amide bonds. The summed E-state index contributed by atoms with van der Waals surface area (Å²) in [4.78, 5) is 0. The zero-order chi connectivity index (χ0) is 20.2. The zero-order valence-electron chi connectivity index (χ0n) is 19.3. The first-order valence-electron chi connectivity index (χ1n) is 11.6. The lowest BCUT2D eigenvalue weighted by Crippen LogP contribution is -2.53. The van der Waals surface area contributed by atoms with E-state index in [0.29, 0.717) is 30.3 Å². The van der Waals surface area contributed by atoms with E-state index in [1.165, 1.54) is 25.7 Å². The summed E-state index contributed by atoms with van der Waals surface area (Å²) in [5.74, 6) is 4.04. The van der Waals surface area contributed by atoms with Crippen molar-refractivity contribution in [3.8, 4) is 0 Å². The SMILES string of the molecule is CCO[Si](C)(OC1CC(C)CCC1C(C)C)OC1CC(C)CCC1C(C)C. The van der Waals surface area contributed by atoms with Gasteiger partial charge < -0.3 is 13.3 Å². The molecule has 0 radical (unpaired) electrons. The van der Waals surface area contributed by atoms with E-state index in [4.69, 9.17) is 13.3 Å². The van der Waals surface area contributed by atoms with Gasteiger partial charge in [0.05, 0.1) is 12.2 Å². The van der Waals surface area contributed by atoms with Crippen LogP contribution in [0.4, 0.5) is 0 Å². The third-order valence-electron chi connectivity index (χ3n) is 7.06. The van der Waals surface area contributed by atoms with E-state index in [-0.39, 0.29) is 12.2 Å². The van der Waals surface area contributed by atoms with Crippen molar-refractivity contribution < 1.29 is 13.3 Å². The van der Waals surface area contributed by atoms with Crippen LogP contribution in [0.5, 0.6) is 0 Å². The molecule has 2 aliphatic rings. The van der Waals surface area contributed by atoms with Gasteiger partial charge in [0.15, 0.2) is 0 Å². The van der Waals surface area contributed by atoms with Gasteiger partial charge in [-0.2, -0.15) is 0 Å². The van der Waals surface area contributed by atoms with E-state index in [1.807, 2.05) is 0 Å². The summed E-state index contributed by atoms with van der Waals surface area (Å²) in [5, 5.41) is 0. The standard InChI is InChI=1S/C23H46O3Si/c1-9-24-27(8,25-22-14-18(6)10-12-20(22)16(2)3)26-23-15-19(7)11-13-21(23)17(4)5/h16-23H,9-15H2,1-8H3. The van der Waals surface area contributed by atoms with Crippen LogP contribution in [-0.4, -0.2) is 27.6 Å². The minimum atomic E-state index is -2.66. The van der Waals surface area contributed by atoms with E-state index in [9.17, 15) is 0 Å². The first kappa shape index (κ1) is 23.4. The number of hydrogen-bond donors (Lipinski definition) is 0. The first-order valence-corrected chi connectivity index (χ1v) is 13.9. The van der Waals surface area contributed by atoms with Crippen LogP contribution >= 0.6 is 0 Å². The van der Waals surface area contributed by atoms with Crippen molar-refractivity contribution in [2.24, 2.45) is 35.5 Å². The lowest BCUT2D eigenvalue weighted by atomic mass is 9.75. The molecule has 160 valence electrons. The molecule has 2 aliphatic carbocycles. The average Bonchev–Trinajstić information content (AvgIpc) is 2.54. The molecule has 0 aromatic carbocycles. The largest absolute Gasteiger partial charge is 0.498 e. The summed E-state index contributed by atoms with van der Waals surface area (Å²) in [5.41, 5.74) is 0. The van der Waals surface area contributed by atoms with Crippen molar-refractivity contribution >= 4 is 8.80 Å². The van der Waals surface area contributed by atoms with Gasteiger partial charge in [-0.25, -0.2) is 0 Å². The molecule has 2 saturated carbocycles. The highest BCUT2D eigenvalue weighted by atomic mass is 28.4. The Morgan fingerprint density at radius 3 is 1.52 bits per heavy atom. The lowest BCUT2D eigenvalue weighted by Gasteiger charge is -2.44. The van der Waals surface area contributed by atoms with Gasteiger partial charge in [0.25, 0.3) is 0 Å². The van der Waals surface area contributed by atoms with Crippen LogP contribution in [0.15, 0.2) is 0 Å². The summed E-state index contributed by atoms with van der Waals surface area (Å²) in [6.45, 7) is 19.0. The molecule has 2 rings (SSSR count). The van der Waals surface area contributed by atoms with Crippen molar-refractivity contribution in [2.75, 3.05) is 6.61 Å². The van der Waals surface area contributed by atoms with E-state index < -0.39 is 8.80 Å². The second kappa shape index (κ2) is 10.2. The van der Waals surface area contributed by atoms with Crippen LogP contribution in [-0.2, 0) is 13.3 Å². The quantitative estimate of drug-likeness (QED) is 0.434. The second-order valence-electron chi connectivity index (χ2n) is 10.3. The van der Waals surface area contributed by atoms with Gasteiger partial charge in [-0.15, -0.1) is 0 Å².